The van der Waals surface area contributed by atoms with Crippen LogP contribution in [0.2, 0.25) is 0 Å². The van der Waals surface area contributed by atoms with Crippen LogP contribution in [0, 0.1) is 18.8 Å². The Morgan fingerprint density at radius 2 is 2.19 bits per heavy atom. The van der Waals surface area contributed by atoms with Gasteiger partial charge in [0.15, 0.2) is 0 Å². The number of furan rings is 1. The third-order valence-corrected chi connectivity index (χ3v) is 4.04. The third kappa shape index (κ3) is 5.65. The molecule has 1 heterocycles. The molecule has 0 aliphatic heterocycles. The Kier molecular flexibility index (Phi) is 6.49. The van der Waals surface area contributed by atoms with Gasteiger partial charge in [0.2, 0.25) is 0 Å². The lowest BCUT2D eigenvalue weighted by atomic mass is 9.85. The minimum atomic E-state index is -0.476. The van der Waals surface area contributed by atoms with E-state index in [1.54, 1.807) is 0 Å². The second kappa shape index (κ2) is 8.37. The zero-order chi connectivity index (χ0) is 15.1. The maximum Gasteiger partial charge on any atom is 0.117 e. The van der Waals surface area contributed by atoms with Crippen LogP contribution in [0.3, 0.4) is 0 Å². The Hall–Kier alpha value is -1.10. The summed E-state index contributed by atoms with van der Waals surface area (Å²) in [5, 5.41) is 13.1. The minimum absolute atomic E-state index is 0.386. The number of hydrogen-bond acceptors (Lipinski definition) is 4. The van der Waals surface area contributed by atoms with Crippen LogP contribution >= 0.6 is 0 Å². The van der Waals surface area contributed by atoms with Crippen molar-refractivity contribution in [3.05, 3.63) is 35.8 Å². The van der Waals surface area contributed by atoms with Crippen molar-refractivity contribution in [2.45, 2.75) is 39.3 Å². The van der Waals surface area contributed by atoms with Crippen LogP contribution in [-0.2, 0) is 11.3 Å². The van der Waals surface area contributed by atoms with Crippen LogP contribution in [0.4, 0.5) is 0 Å². The fourth-order valence-corrected chi connectivity index (χ4v) is 2.60. The van der Waals surface area contributed by atoms with Gasteiger partial charge in [-0.3, -0.25) is 0 Å². The molecular formula is C17H27NO3. The van der Waals surface area contributed by atoms with Crippen molar-refractivity contribution in [1.82, 2.24) is 5.32 Å². The standard InChI is InChI=1S/C17H27NO3/c1-13-5-3-4-6-15(13)11-20-12-16(19)9-18-10-17-8-7-14(2)21-17/h3-4,7-8,13,15-16,18-19H,5-6,9-12H2,1-2H3. The molecule has 21 heavy (non-hydrogen) atoms. The van der Waals surface area contributed by atoms with Crippen molar-refractivity contribution >= 4 is 0 Å². The lowest BCUT2D eigenvalue weighted by Gasteiger charge is -2.25. The van der Waals surface area contributed by atoms with E-state index < -0.39 is 6.10 Å². The number of ether oxygens (including phenoxy) is 1. The van der Waals surface area contributed by atoms with Gasteiger partial charge < -0.3 is 19.6 Å². The van der Waals surface area contributed by atoms with Crippen molar-refractivity contribution in [1.29, 1.82) is 0 Å². The fraction of sp³-hybridized carbons (Fsp3) is 0.647. The summed E-state index contributed by atoms with van der Waals surface area (Å²) in [7, 11) is 0. The van der Waals surface area contributed by atoms with Crippen molar-refractivity contribution in [3.8, 4) is 0 Å². The topological polar surface area (TPSA) is 54.6 Å². The molecule has 0 aromatic carbocycles. The molecule has 0 fully saturated rings. The highest BCUT2D eigenvalue weighted by Gasteiger charge is 2.18. The Balaban J connectivity index is 1.55. The molecule has 0 saturated heterocycles. The quantitative estimate of drug-likeness (QED) is 0.724. The summed E-state index contributed by atoms with van der Waals surface area (Å²) in [4.78, 5) is 0. The van der Waals surface area contributed by atoms with Crippen LogP contribution in [0.25, 0.3) is 0 Å². The van der Waals surface area contributed by atoms with E-state index in [1.165, 1.54) is 0 Å². The molecule has 0 amide bonds. The first-order chi connectivity index (χ1) is 10.1. The molecule has 118 valence electrons. The van der Waals surface area contributed by atoms with Gasteiger partial charge in [0.1, 0.15) is 11.5 Å². The largest absolute Gasteiger partial charge is 0.465 e. The van der Waals surface area contributed by atoms with E-state index in [9.17, 15) is 5.11 Å². The maximum atomic E-state index is 9.90. The highest BCUT2D eigenvalue weighted by molar-refractivity contribution is 5.05. The molecule has 2 N–H and O–H groups in total. The zero-order valence-electron chi connectivity index (χ0n) is 13.0. The molecule has 0 spiro atoms. The minimum Gasteiger partial charge on any atom is -0.465 e. The van der Waals surface area contributed by atoms with E-state index in [2.05, 4.69) is 24.4 Å². The van der Waals surface area contributed by atoms with E-state index in [1.807, 2.05) is 19.1 Å². The maximum absolute atomic E-state index is 9.90. The first-order valence-corrected chi connectivity index (χ1v) is 7.82. The van der Waals surface area contributed by atoms with Crippen molar-refractivity contribution in [3.63, 3.8) is 0 Å². The molecule has 0 bridgehead atoms. The van der Waals surface area contributed by atoms with E-state index in [4.69, 9.17) is 9.15 Å². The molecule has 2 rings (SSSR count). The Bertz CT molecular complexity index is 441. The molecule has 1 aliphatic carbocycles. The summed E-state index contributed by atoms with van der Waals surface area (Å²) in [6.45, 7) is 6.46. The fourth-order valence-electron chi connectivity index (χ4n) is 2.60. The summed E-state index contributed by atoms with van der Waals surface area (Å²) in [5.41, 5.74) is 0. The molecule has 1 aromatic rings. The molecule has 3 atom stereocenters. The number of nitrogens with one attached hydrogen (secondary N) is 1. The molecule has 3 unspecified atom stereocenters. The number of aryl methyl sites for hydroxylation is 1. The molecule has 4 nitrogen and oxygen atoms in total. The van der Waals surface area contributed by atoms with Gasteiger partial charge in [-0.1, -0.05) is 19.1 Å². The van der Waals surface area contributed by atoms with E-state index in [-0.39, 0.29) is 0 Å². The van der Waals surface area contributed by atoms with E-state index in [0.717, 1.165) is 31.0 Å². The lowest BCUT2D eigenvalue weighted by molar-refractivity contribution is 0.0126. The van der Waals surface area contributed by atoms with Gasteiger partial charge in [0.05, 0.1) is 25.9 Å². The monoisotopic (exact) mass is 293 g/mol. The molecular weight excluding hydrogens is 266 g/mol. The average Bonchev–Trinajstić information content (AvgIpc) is 2.87. The van der Waals surface area contributed by atoms with E-state index >= 15 is 0 Å². The first-order valence-electron chi connectivity index (χ1n) is 7.82. The van der Waals surface area contributed by atoms with Gasteiger partial charge in [-0.05, 0) is 43.7 Å². The molecule has 1 aromatic heterocycles. The molecule has 4 heteroatoms. The van der Waals surface area contributed by atoms with Crippen LogP contribution in [-0.4, -0.2) is 31.0 Å². The second-order valence-electron chi connectivity index (χ2n) is 6.01. The van der Waals surface area contributed by atoms with Crippen LogP contribution in [0.1, 0.15) is 31.3 Å². The second-order valence-corrected chi connectivity index (χ2v) is 6.01. The highest BCUT2D eigenvalue weighted by atomic mass is 16.5. The van der Waals surface area contributed by atoms with Crippen LogP contribution in [0.15, 0.2) is 28.7 Å². The first kappa shape index (κ1) is 16.3. The lowest BCUT2D eigenvalue weighted by Crippen LogP contribution is -2.31. The van der Waals surface area contributed by atoms with Crippen molar-refractivity contribution < 1.29 is 14.3 Å². The van der Waals surface area contributed by atoms with Gasteiger partial charge >= 0.3 is 0 Å². The van der Waals surface area contributed by atoms with Gasteiger partial charge in [0, 0.05) is 6.54 Å². The third-order valence-electron chi connectivity index (χ3n) is 4.04. The summed E-state index contributed by atoms with van der Waals surface area (Å²) in [6, 6.07) is 3.89. The smallest absolute Gasteiger partial charge is 0.117 e. The summed E-state index contributed by atoms with van der Waals surface area (Å²) >= 11 is 0. The number of hydrogen-bond donors (Lipinski definition) is 2. The number of allylic oxidation sites excluding steroid dienone is 2. The van der Waals surface area contributed by atoms with Crippen molar-refractivity contribution in [2.75, 3.05) is 19.8 Å². The Morgan fingerprint density at radius 3 is 2.90 bits per heavy atom. The van der Waals surface area contributed by atoms with Crippen LogP contribution in [0.5, 0.6) is 0 Å². The zero-order valence-corrected chi connectivity index (χ0v) is 13.0. The van der Waals surface area contributed by atoms with Gasteiger partial charge in [-0.15, -0.1) is 0 Å². The summed E-state index contributed by atoms with van der Waals surface area (Å²) in [6.07, 6.45) is 6.23. The highest BCUT2D eigenvalue weighted by Crippen LogP contribution is 2.24. The number of rotatable bonds is 8. The number of aliphatic hydroxyl groups excluding tert-OH is 1. The summed E-state index contributed by atoms with van der Waals surface area (Å²) < 4.78 is 11.1. The number of aliphatic hydroxyl groups is 1. The SMILES string of the molecule is Cc1ccc(CNCC(O)COCC2CC=CCC2C)o1. The molecule has 0 saturated carbocycles. The van der Waals surface area contributed by atoms with E-state index in [0.29, 0.717) is 31.5 Å². The summed E-state index contributed by atoms with van der Waals surface area (Å²) in [5.74, 6) is 3.06. The van der Waals surface area contributed by atoms with Gasteiger partial charge in [-0.2, -0.15) is 0 Å². The predicted octanol–water partition coefficient (Wildman–Crippen LogP) is 2.66. The van der Waals surface area contributed by atoms with Gasteiger partial charge in [-0.25, -0.2) is 0 Å². The molecule has 0 radical (unpaired) electrons. The molecule has 1 aliphatic rings. The van der Waals surface area contributed by atoms with Crippen molar-refractivity contribution in [2.24, 2.45) is 11.8 Å². The Morgan fingerprint density at radius 1 is 1.38 bits per heavy atom. The Labute approximate surface area is 127 Å². The average molecular weight is 293 g/mol. The van der Waals surface area contributed by atoms with Crippen LogP contribution < -0.4 is 5.32 Å². The normalized spacial score (nSPS) is 23.4. The predicted molar refractivity (Wildman–Crippen MR) is 83.0 cm³/mol. The van der Waals surface area contributed by atoms with Gasteiger partial charge in [0.25, 0.3) is 0 Å².